The maximum atomic E-state index is 12.6. The molecule has 1 amide bonds. The van der Waals surface area contributed by atoms with Crippen molar-refractivity contribution in [1.29, 1.82) is 0 Å². The largest absolute Gasteiger partial charge is 0.489 e. The summed E-state index contributed by atoms with van der Waals surface area (Å²) in [5.41, 5.74) is 4.56. The Morgan fingerprint density at radius 3 is 2.52 bits per heavy atom. The second-order valence-electron chi connectivity index (χ2n) is 7.31. The first-order valence-corrected chi connectivity index (χ1v) is 10.3. The Labute approximate surface area is 186 Å². The Morgan fingerprint density at radius 1 is 1.03 bits per heavy atom. The average Bonchev–Trinajstić information content (AvgIpc) is 3.21. The van der Waals surface area contributed by atoms with Crippen LogP contribution in [-0.2, 0) is 13.2 Å². The van der Waals surface area contributed by atoms with Crippen LogP contribution in [-0.4, -0.2) is 15.7 Å². The Hall–Kier alpha value is -3.57. The van der Waals surface area contributed by atoms with Crippen molar-refractivity contribution < 1.29 is 9.53 Å². The first kappa shape index (κ1) is 20.7. The van der Waals surface area contributed by atoms with Crippen LogP contribution in [0.15, 0.2) is 85.2 Å². The summed E-state index contributed by atoms with van der Waals surface area (Å²) in [7, 11) is 0. The first-order valence-electron chi connectivity index (χ1n) is 9.92. The van der Waals surface area contributed by atoms with E-state index < -0.39 is 0 Å². The summed E-state index contributed by atoms with van der Waals surface area (Å²) in [4.78, 5) is 12.6. The average molecular weight is 432 g/mol. The van der Waals surface area contributed by atoms with Crippen LogP contribution in [0.25, 0.3) is 0 Å². The molecule has 1 N–H and O–H groups in total. The summed E-state index contributed by atoms with van der Waals surface area (Å²) >= 11 is 5.97. The van der Waals surface area contributed by atoms with Gasteiger partial charge in [-0.2, -0.15) is 5.10 Å². The standard InChI is InChI=1S/C25H22ClN3O2/c1-18-5-7-19(8-6-18)15-29-16-23(14-27-29)28-25(30)21-11-9-20(10-12-21)17-31-24-4-2-3-22(26)13-24/h2-14,16H,15,17H2,1H3,(H,28,30). The quantitative estimate of drug-likeness (QED) is 0.407. The van der Waals surface area contributed by atoms with Crippen molar-refractivity contribution in [2.24, 2.45) is 0 Å². The van der Waals surface area contributed by atoms with Gasteiger partial charge in [0.05, 0.1) is 18.4 Å². The summed E-state index contributed by atoms with van der Waals surface area (Å²) < 4.78 is 7.53. The van der Waals surface area contributed by atoms with Crippen molar-refractivity contribution in [3.8, 4) is 5.75 Å². The summed E-state index contributed by atoms with van der Waals surface area (Å²) in [6.45, 7) is 3.11. The Balaban J connectivity index is 1.32. The number of amides is 1. The number of nitrogens with one attached hydrogen (secondary N) is 1. The van der Waals surface area contributed by atoms with Gasteiger partial charge >= 0.3 is 0 Å². The molecule has 4 aromatic rings. The van der Waals surface area contributed by atoms with Gasteiger partial charge in [0.2, 0.25) is 0 Å². The molecular weight excluding hydrogens is 410 g/mol. The molecule has 0 fully saturated rings. The molecule has 0 bridgehead atoms. The minimum absolute atomic E-state index is 0.183. The van der Waals surface area contributed by atoms with E-state index in [2.05, 4.69) is 41.6 Å². The number of hydrogen-bond acceptors (Lipinski definition) is 3. The molecule has 0 saturated heterocycles. The minimum Gasteiger partial charge on any atom is -0.489 e. The first-order chi connectivity index (χ1) is 15.0. The van der Waals surface area contributed by atoms with E-state index in [1.54, 1.807) is 35.1 Å². The molecule has 0 radical (unpaired) electrons. The maximum absolute atomic E-state index is 12.6. The lowest BCUT2D eigenvalue weighted by molar-refractivity contribution is 0.102. The second kappa shape index (κ2) is 9.49. The van der Waals surface area contributed by atoms with E-state index in [0.29, 0.717) is 35.2 Å². The number of ether oxygens (including phenoxy) is 1. The lowest BCUT2D eigenvalue weighted by atomic mass is 10.1. The number of anilines is 1. The third-order valence-corrected chi connectivity index (χ3v) is 5.01. The molecule has 6 heteroatoms. The lowest BCUT2D eigenvalue weighted by Crippen LogP contribution is -2.11. The molecule has 1 heterocycles. The molecule has 3 aromatic carbocycles. The van der Waals surface area contributed by atoms with Gasteiger partial charge in [-0.3, -0.25) is 9.48 Å². The summed E-state index contributed by atoms with van der Waals surface area (Å²) in [6, 6.07) is 22.9. The van der Waals surface area contributed by atoms with Gasteiger partial charge in [-0.25, -0.2) is 0 Å². The monoisotopic (exact) mass is 431 g/mol. The molecule has 0 aliphatic heterocycles. The summed E-state index contributed by atoms with van der Waals surface area (Å²) in [6.07, 6.45) is 3.48. The molecule has 0 atom stereocenters. The van der Waals surface area contributed by atoms with Gasteiger partial charge in [0.25, 0.3) is 5.91 Å². The predicted octanol–water partition coefficient (Wildman–Crippen LogP) is 5.72. The van der Waals surface area contributed by atoms with Crippen LogP contribution in [0.4, 0.5) is 5.69 Å². The Bertz CT molecular complexity index is 1170. The number of carbonyl (C=O) groups excluding carboxylic acids is 1. The van der Waals surface area contributed by atoms with Crippen LogP contribution in [0.5, 0.6) is 5.75 Å². The van der Waals surface area contributed by atoms with Gasteiger partial charge in [-0.1, -0.05) is 59.6 Å². The summed E-state index contributed by atoms with van der Waals surface area (Å²) in [5.74, 6) is 0.522. The third kappa shape index (κ3) is 5.74. The van der Waals surface area contributed by atoms with Gasteiger partial charge in [-0.15, -0.1) is 0 Å². The van der Waals surface area contributed by atoms with E-state index in [0.717, 1.165) is 11.1 Å². The van der Waals surface area contributed by atoms with E-state index in [9.17, 15) is 4.79 Å². The number of benzene rings is 3. The third-order valence-electron chi connectivity index (χ3n) is 4.77. The van der Waals surface area contributed by atoms with Gasteiger partial charge in [0.1, 0.15) is 12.4 Å². The highest BCUT2D eigenvalue weighted by Crippen LogP contribution is 2.19. The number of aromatic nitrogens is 2. The fraction of sp³-hybridized carbons (Fsp3) is 0.120. The molecule has 0 spiro atoms. The highest BCUT2D eigenvalue weighted by molar-refractivity contribution is 6.30. The molecule has 1 aromatic heterocycles. The van der Waals surface area contributed by atoms with Crippen LogP contribution >= 0.6 is 11.6 Å². The van der Waals surface area contributed by atoms with Gasteiger partial charge in [0, 0.05) is 16.8 Å². The van der Waals surface area contributed by atoms with Crippen molar-refractivity contribution in [3.63, 3.8) is 0 Å². The molecule has 0 unspecified atom stereocenters. The zero-order valence-corrected chi connectivity index (χ0v) is 17.8. The van der Waals surface area contributed by atoms with E-state index in [4.69, 9.17) is 16.3 Å². The van der Waals surface area contributed by atoms with Gasteiger partial charge in [0.15, 0.2) is 0 Å². The highest BCUT2D eigenvalue weighted by atomic mass is 35.5. The van der Waals surface area contributed by atoms with Crippen LogP contribution < -0.4 is 10.1 Å². The fourth-order valence-corrected chi connectivity index (χ4v) is 3.25. The van der Waals surface area contributed by atoms with Gasteiger partial charge in [-0.05, 0) is 48.4 Å². The van der Waals surface area contributed by atoms with Crippen LogP contribution in [0.1, 0.15) is 27.0 Å². The van der Waals surface area contributed by atoms with Crippen LogP contribution in [0, 0.1) is 6.92 Å². The van der Waals surface area contributed by atoms with Crippen molar-refractivity contribution >= 4 is 23.2 Å². The van der Waals surface area contributed by atoms with Crippen molar-refractivity contribution in [1.82, 2.24) is 9.78 Å². The molecule has 31 heavy (non-hydrogen) atoms. The number of rotatable bonds is 7. The number of hydrogen-bond donors (Lipinski definition) is 1. The van der Waals surface area contributed by atoms with Gasteiger partial charge < -0.3 is 10.1 Å². The van der Waals surface area contributed by atoms with E-state index >= 15 is 0 Å². The molecule has 0 aliphatic carbocycles. The second-order valence-corrected chi connectivity index (χ2v) is 7.75. The van der Waals surface area contributed by atoms with Crippen molar-refractivity contribution in [3.05, 3.63) is 112 Å². The number of carbonyl (C=O) groups is 1. The zero-order valence-electron chi connectivity index (χ0n) is 17.1. The normalized spacial score (nSPS) is 10.6. The number of halogens is 1. The summed E-state index contributed by atoms with van der Waals surface area (Å²) in [5, 5.41) is 7.85. The maximum Gasteiger partial charge on any atom is 0.255 e. The molecule has 4 rings (SSSR count). The molecule has 0 saturated carbocycles. The van der Waals surface area contributed by atoms with E-state index in [1.165, 1.54) is 5.56 Å². The van der Waals surface area contributed by atoms with E-state index in [-0.39, 0.29) is 5.91 Å². The molecule has 0 aliphatic rings. The minimum atomic E-state index is -0.183. The number of aryl methyl sites for hydroxylation is 1. The highest BCUT2D eigenvalue weighted by Gasteiger charge is 2.08. The molecular formula is C25H22ClN3O2. The molecule has 156 valence electrons. The Morgan fingerprint density at radius 2 is 1.77 bits per heavy atom. The topological polar surface area (TPSA) is 56.2 Å². The lowest BCUT2D eigenvalue weighted by Gasteiger charge is -2.08. The fourth-order valence-electron chi connectivity index (χ4n) is 3.07. The van der Waals surface area contributed by atoms with E-state index in [1.807, 2.05) is 30.5 Å². The van der Waals surface area contributed by atoms with Crippen LogP contribution in [0.2, 0.25) is 5.02 Å². The predicted molar refractivity (Wildman–Crippen MR) is 123 cm³/mol. The van der Waals surface area contributed by atoms with Crippen molar-refractivity contribution in [2.45, 2.75) is 20.1 Å². The number of nitrogens with zero attached hydrogens (tertiary/aromatic N) is 2. The van der Waals surface area contributed by atoms with Crippen molar-refractivity contribution in [2.75, 3.05) is 5.32 Å². The molecule has 5 nitrogen and oxygen atoms in total. The van der Waals surface area contributed by atoms with Crippen LogP contribution in [0.3, 0.4) is 0 Å². The zero-order chi connectivity index (χ0) is 21.6. The Kier molecular flexibility index (Phi) is 6.34. The smallest absolute Gasteiger partial charge is 0.255 e. The SMILES string of the molecule is Cc1ccc(Cn2cc(NC(=O)c3ccc(COc4cccc(Cl)c4)cc3)cn2)cc1.